The van der Waals surface area contributed by atoms with Gasteiger partial charge in [-0.25, -0.2) is 9.18 Å². The first kappa shape index (κ1) is 18.4. The van der Waals surface area contributed by atoms with Gasteiger partial charge in [0.05, 0.1) is 6.61 Å². The van der Waals surface area contributed by atoms with Crippen LogP contribution in [0.25, 0.3) is 0 Å². The number of urea groups is 1. The van der Waals surface area contributed by atoms with Crippen molar-refractivity contribution < 1.29 is 18.7 Å². The number of hydrogen-bond donors (Lipinski definition) is 3. The Bertz CT molecular complexity index is 737. The van der Waals surface area contributed by atoms with E-state index in [2.05, 4.69) is 16.0 Å². The van der Waals surface area contributed by atoms with Crippen molar-refractivity contribution in [3.63, 3.8) is 0 Å². The third-order valence-electron chi connectivity index (χ3n) is 3.20. The summed E-state index contributed by atoms with van der Waals surface area (Å²) in [6.07, 6.45) is 0. The van der Waals surface area contributed by atoms with Crippen molar-refractivity contribution in [2.45, 2.75) is 6.92 Å². The monoisotopic (exact) mass is 345 g/mol. The molecule has 0 radical (unpaired) electrons. The standard InChI is InChI=1S/C18H20FN3O3/c1-2-25-10-9-20-18(24)22-15-7-3-5-13(11-15)17(23)21-16-8-4-6-14(19)12-16/h3-8,11-12H,2,9-10H2,1H3,(H,21,23)(H2,20,22,24). The first-order valence-electron chi connectivity index (χ1n) is 7.88. The summed E-state index contributed by atoms with van der Waals surface area (Å²) in [5.41, 5.74) is 1.18. The Morgan fingerprint density at radius 1 is 1.04 bits per heavy atom. The highest BCUT2D eigenvalue weighted by Crippen LogP contribution is 2.14. The van der Waals surface area contributed by atoms with Crippen LogP contribution < -0.4 is 16.0 Å². The Morgan fingerprint density at radius 3 is 2.48 bits per heavy atom. The maximum Gasteiger partial charge on any atom is 0.319 e. The van der Waals surface area contributed by atoms with E-state index in [0.29, 0.717) is 36.7 Å². The molecule has 25 heavy (non-hydrogen) atoms. The van der Waals surface area contributed by atoms with Gasteiger partial charge in [-0.2, -0.15) is 0 Å². The third kappa shape index (κ3) is 6.23. The summed E-state index contributed by atoms with van der Waals surface area (Å²) in [5, 5.41) is 7.89. The topological polar surface area (TPSA) is 79.5 Å². The van der Waals surface area contributed by atoms with E-state index < -0.39 is 11.7 Å². The minimum absolute atomic E-state index is 0.344. The van der Waals surface area contributed by atoms with Crippen LogP contribution >= 0.6 is 0 Å². The molecule has 0 aliphatic heterocycles. The molecule has 0 unspecified atom stereocenters. The zero-order chi connectivity index (χ0) is 18.1. The minimum atomic E-state index is -0.433. The maximum absolute atomic E-state index is 13.2. The van der Waals surface area contributed by atoms with E-state index in [1.54, 1.807) is 24.3 Å². The fraction of sp³-hybridized carbons (Fsp3) is 0.222. The predicted molar refractivity (Wildman–Crippen MR) is 94.3 cm³/mol. The lowest BCUT2D eigenvalue weighted by atomic mass is 10.2. The van der Waals surface area contributed by atoms with E-state index >= 15 is 0 Å². The van der Waals surface area contributed by atoms with Gasteiger partial charge in [0.25, 0.3) is 5.91 Å². The van der Waals surface area contributed by atoms with Gasteiger partial charge in [-0.05, 0) is 43.3 Å². The summed E-state index contributed by atoms with van der Waals surface area (Å²) in [6.45, 7) is 3.28. The summed E-state index contributed by atoms with van der Waals surface area (Å²) < 4.78 is 18.3. The molecule has 3 amide bonds. The van der Waals surface area contributed by atoms with Crippen molar-refractivity contribution in [1.29, 1.82) is 0 Å². The molecule has 3 N–H and O–H groups in total. The van der Waals surface area contributed by atoms with Gasteiger partial charge >= 0.3 is 6.03 Å². The third-order valence-corrected chi connectivity index (χ3v) is 3.20. The van der Waals surface area contributed by atoms with Crippen LogP contribution in [0.3, 0.4) is 0 Å². The fourth-order valence-electron chi connectivity index (χ4n) is 2.06. The van der Waals surface area contributed by atoms with Gasteiger partial charge in [-0.1, -0.05) is 12.1 Å². The highest BCUT2D eigenvalue weighted by Gasteiger charge is 2.08. The molecule has 6 nitrogen and oxygen atoms in total. The molecule has 0 fully saturated rings. The van der Waals surface area contributed by atoms with Crippen LogP contribution in [0.4, 0.5) is 20.6 Å². The lowest BCUT2D eigenvalue weighted by Crippen LogP contribution is -2.31. The van der Waals surface area contributed by atoms with Crippen molar-refractivity contribution in [3.05, 3.63) is 59.9 Å². The van der Waals surface area contributed by atoms with Gasteiger partial charge in [0.1, 0.15) is 5.82 Å². The second-order valence-corrected chi connectivity index (χ2v) is 5.12. The first-order chi connectivity index (χ1) is 12.1. The van der Waals surface area contributed by atoms with Crippen LogP contribution in [0, 0.1) is 5.82 Å². The second kappa shape index (κ2) is 9.39. The van der Waals surface area contributed by atoms with Gasteiger partial charge in [0, 0.05) is 30.1 Å². The van der Waals surface area contributed by atoms with Gasteiger partial charge in [-0.3, -0.25) is 4.79 Å². The number of nitrogens with one attached hydrogen (secondary N) is 3. The Morgan fingerprint density at radius 2 is 1.76 bits per heavy atom. The van der Waals surface area contributed by atoms with Crippen LogP contribution in [-0.2, 0) is 4.74 Å². The molecule has 0 saturated carbocycles. The molecular formula is C18H20FN3O3. The highest BCUT2D eigenvalue weighted by atomic mass is 19.1. The number of carbonyl (C=O) groups is 2. The maximum atomic E-state index is 13.2. The summed E-state index contributed by atoms with van der Waals surface area (Å²) in [5.74, 6) is -0.831. The number of rotatable bonds is 7. The molecule has 7 heteroatoms. The van der Waals surface area contributed by atoms with Crippen molar-refractivity contribution in [2.75, 3.05) is 30.4 Å². The molecule has 0 spiro atoms. The average molecular weight is 345 g/mol. The lowest BCUT2D eigenvalue weighted by Gasteiger charge is -2.09. The fourth-order valence-corrected chi connectivity index (χ4v) is 2.06. The number of halogens is 1. The lowest BCUT2D eigenvalue weighted by molar-refractivity contribution is 0.102. The van der Waals surface area contributed by atoms with Crippen molar-refractivity contribution in [1.82, 2.24) is 5.32 Å². The van der Waals surface area contributed by atoms with Gasteiger partial charge in [0.15, 0.2) is 0 Å². The van der Waals surface area contributed by atoms with Crippen LogP contribution in [0.5, 0.6) is 0 Å². The number of anilines is 2. The first-order valence-corrected chi connectivity index (χ1v) is 7.88. The number of carbonyl (C=O) groups excluding carboxylic acids is 2. The molecular weight excluding hydrogens is 325 g/mol. The molecule has 2 rings (SSSR count). The summed E-state index contributed by atoms with van der Waals surface area (Å²) in [6, 6.07) is 11.7. The second-order valence-electron chi connectivity index (χ2n) is 5.12. The summed E-state index contributed by atoms with van der Waals surface area (Å²) in [4.78, 5) is 24.0. The van der Waals surface area contributed by atoms with Crippen molar-refractivity contribution in [3.8, 4) is 0 Å². The van der Waals surface area contributed by atoms with Gasteiger partial charge in [-0.15, -0.1) is 0 Å². The highest BCUT2D eigenvalue weighted by molar-refractivity contribution is 6.05. The Balaban J connectivity index is 1.93. The SMILES string of the molecule is CCOCCNC(=O)Nc1cccc(C(=O)Nc2cccc(F)c2)c1. The molecule has 0 bridgehead atoms. The van der Waals surface area contributed by atoms with E-state index in [0.717, 1.165) is 0 Å². The zero-order valence-corrected chi connectivity index (χ0v) is 13.8. The molecule has 0 aromatic heterocycles. The molecule has 0 aliphatic rings. The van der Waals surface area contributed by atoms with Crippen molar-refractivity contribution >= 4 is 23.3 Å². The van der Waals surface area contributed by atoms with Gasteiger partial charge in [0.2, 0.25) is 0 Å². The normalized spacial score (nSPS) is 10.2. The molecule has 0 atom stereocenters. The Hall–Kier alpha value is -2.93. The number of amides is 3. The zero-order valence-electron chi connectivity index (χ0n) is 13.8. The van der Waals surface area contributed by atoms with Crippen LogP contribution in [0.2, 0.25) is 0 Å². The summed E-state index contributed by atoms with van der Waals surface area (Å²) in [7, 11) is 0. The molecule has 2 aromatic rings. The van der Waals surface area contributed by atoms with E-state index in [-0.39, 0.29) is 6.03 Å². The number of benzene rings is 2. The molecule has 0 saturated heterocycles. The van der Waals surface area contributed by atoms with Crippen LogP contribution in [-0.4, -0.2) is 31.7 Å². The van der Waals surface area contributed by atoms with Gasteiger partial charge < -0.3 is 20.7 Å². The van der Waals surface area contributed by atoms with Crippen LogP contribution in [0.15, 0.2) is 48.5 Å². The smallest absolute Gasteiger partial charge is 0.319 e. The quantitative estimate of drug-likeness (QED) is 0.674. The number of hydrogen-bond acceptors (Lipinski definition) is 3. The van der Waals surface area contributed by atoms with E-state index in [1.165, 1.54) is 24.3 Å². The molecule has 0 heterocycles. The molecule has 0 aliphatic carbocycles. The van der Waals surface area contributed by atoms with E-state index in [9.17, 15) is 14.0 Å². The minimum Gasteiger partial charge on any atom is -0.380 e. The predicted octanol–water partition coefficient (Wildman–Crippen LogP) is 3.24. The Kier molecular flexibility index (Phi) is 6.91. The Labute approximate surface area is 145 Å². The molecule has 132 valence electrons. The van der Waals surface area contributed by atoms with E-state index in [4.69, 9.17) is 4.74 Å². The summed E-state index contributed by atoms with van der Waals surface area (Å²) >= 11 is 0. The molecule has 2 aromatic carbocycles. The van der Waals surface area contributed by atoms with E-state index in [1.807, 2.05) is 6.92 Å². The average Bonchev–Trinajstić information content (AvgIpc) is 2.59. The largest absolute Gasteiger partial charge is 0.380 e. The van der Waals surface area contributed by atoms with Crippen LogP contribution in [0.1, 0.15) is 17.3 Å². The number of ether oxygens (including phenoxy) is 1. The van der Waals surface area contributed by atoms with Crippen molar-refractivity contribution in [2.24, 2.45) is 0 Å².